The fraction of sp³-hybridized carbons (Fsp3) is 0.480. The van der Waals surface area contributed by atoms with E-state index in [-0.39, 0.29) is 22.9 Å². The van der Waals surface area contributed by atoms with Gasteiger partial charge in [0.2, 0.25) is 10.0 Å². The van der Waals surface area contributed by atoms with Crippen LogP contribution in [0, 0.1) is 17.6 Å². The zero-order chi connectivity index (χ0) is 27.0. The molecule has 1 aliphatic rings. The minimum absolute atomic E-state index is 0.112. The summed E-state index contributed by atoms with van der Waals surface area (Å²) in [4.78, 5) is 9.02. The van der Waals surface area contributed by atoms with Crippen molar-refractivity contribution >= 4 is 21.4 Å². The van der Waals surface area contributed by atoms with E-state index >= 15 is 4.39 Å². The van der Waals surface area contributed by atoms with Gasteiger partial charge in [0.15, 0.2) is 11.6 Å². The summed E-state index contributed by atoms with van der Waals surface area (Å²) >= 11 is 0. The van der Waals surface area contributed by atoms with E-state index in [0.717, 1.165) is 48.7 Å². The van der Waals surface area contributed by atoms with Crippen LogP contribution in [-0.2, 0) is 10.0 Å². The fourth-order valence-electron chi connectivity index (χ4n) is 4.36. The third-order valence-electron chi connectivity index (χ3n) is 6.22. The van der Waals surface area contributed by atoms with Crippen molar-refractivity contribution in [1.82, 2.24) is 24.9 Å². The Morgan fingerprint density at radius 1 is 1.08 bits per heavy atom. The highest BCUT2D eigenvalue weighted by Crippen LogP contribution is 2.28. The molecule has 0 aliphatic carbocycles. The molecule has 37 heavy (non-hydrogen) atoms. The first-order valence-corrected chi connectivity index (χ1v) is 13.9. The second-order valence-corrected chi connectivity index (χ2v) is 12.4. The van der Waals surface area contributed by atoms with Crippen LogP contribution in [-0.4, -0.2) is 70.8 Å². The minimum atomic E-state index is -3.81. The van der Waals surface area contributed by atoms with Crippen molar-refractivity contribution < 1.29 is 17.2 Å². The molecular weight excluding hydrogens is 500 g/mol. The van der Waals surface area contributed by atoms with E-state index in [0.29, 0.717) is 11.3 Å². The SMILES string of the molecule is CC(C)CS(=O)(=O)Nc1ccc(F)c(-n2cc(-c3cncc(N4CCN(C(C)(C)C)CC4)c3)nn2)c1F. The summed E-state index contributed by atoms with van der Waals surface area (Å²) in [5.74, 6) is -2.33. The third kappa shape index (κ3) is 6.24. The molecule has 12 heteroatoms. The summed E-state index contributed by atoms with van der Waals surface area (Å²) in [6.45, 7) is 13.6. The van der Waals surface area contributed by atoms with Gasteiger partial charge in [0.05, 0.1) is 29.5 Å². The van der Waals surface area contributed by atoms with Crippen molar-refractivity contribution in [2.24, 2.45) is 5.92 Å². The lowest BCUT2D eigenvalue weighted by Gasteiger charge is -2.43. The molecule has 0 radical (unpaired) electrons. The molecule has 200 valence electrons. The standard InChI is InChI=1S/C25H33F2N7O2S/c1-17(2)16-37(35,36)30-21-7-6-20(26)24(23(21)27)34-15-22(29-31-34)18-12-19(14-28-13-18)32-8-10-33(11-9-32)25(3,4)5/h6-7,12-15,17,30H,8-11,16H2,1-5H3. The minimum Gasteiger partial charge on any atom is -0.368 e. The van der Waals surface area contributed by atoms with Crippen LogP contribution >= 0.6 is 0 Å². The molecule has 2 aromatic heterocycles. The van der Waals surface area contributed by atoms with Gasteiger partial charge in [-0.2, -0.15) is 0 Å². The van der Waals surface area contributed by atoms with Crippen LogP contribution in [0.25, 0.3) is 16.9 Å². The Hall–Kier alpha value is -3.12. The van der Waals surface area contributed by atoms with Crippen LogP contribution in [0.2, 0.25) is 0 Å². The van der Waals surface area contributed by atoms with Gasteiger partial charge in [-0.25, -0.2) is 21.9 Å². The van der Waals surface area contributed by atoms with E-state index in [1.807, 2.05) is 6.07 Å². The Morgan fingerprint density at radius 2 is 1.78 bits per heavy atom. The number of anilines is 2. The molecule has 1 aliphatic heterocycles. The van der Waals surface area contributed by atoms with Gasteiger partial charge in [-0.3, -0.25) is 14.6 Å². The summed E-state index contributed by atoms with van der Waals surface area (Å²) in [7, 11) is -3.81. The Bertz CT molecular complexity index is 1360. The van der Waals surface area contributed by atoms with Gasteiger partial charge in [0.25, 0.3) is 0 Å². The number of nitrogens with zero attached hydrogens (tertiary/aromatic N) is 6. The average Bonchev–Trinajstić information content (AvgIpc) is 3.30. The molecule has 1 aromatic carbocycles. The van der Waals surface area contributed by atoms with Crippen LogP contribution < -0.4 is 9.62 Å². The zero-order valence-electron chi connectivity index (χ0n) is 21.7. The maximum Gasteiger partial charge on any atom is 0.233 e. The van der Waals surface area contributed by atoms with Gasteiger partial charge in [-0.05, 0) is 44.9 Å². The smallest absolute Gasteiger partial charge is 0.233 e. The number of benzene rings is 1. The second-order valence-electron chi connectivity index (χ2n) is 10.7. The molecule has 0 saturated carbocycles. The summed E-state index contributed by atoms with van der Waals surface area (Å²) in [5, 5.41) is 8.00. The van der Waals surface area contributed by atoms with Crippen LogP contribution in [0.3, 0.4) is 0 Å². The van der Waals surface area contributed by atoms with Crippen molar-refractivity contribution in [3.05, 3.63) is 48.4 Å². The molecule has 1 fully saturated rings. The quantitative estimate of drug-likeness (QED) is 0.492. The lowest BCUT2D eigenvalue weighted by Crippen LogP contribution is -2.53. The predicted octanol–water partition coefficient (Wildman–Crippen LogP) is 3.93. The fourth-order valence-corrected chi connectivity index (χ4v) is 5.81. The molecular formula is C25H33F2N7O2S. The van der Waals surface area contributed by atoms with Gasteiger partial charge in [-0.15, -0.1) is 5.10 Å². The summed E-state index contributed by atoms with van der Waals surface area (Å²) < 4.78 is 57.7. The maximum atomic E-state index is 15.2. The predicted molar refractivity (Wildman–Crippen MR) is 140 cm³/mol. The first-order chi connectivity index (χ1) is 17.3. The van der Waals surface area contributed by atoms with Crippen LogP contribution in [0.5, 0.6) is 0 Å². The van der Waals surface area contributed by atoms with Crippen molar-refractivity contribution in [3.63, 3.8) is 0 Å². The van der Waals surface area contributed by atoms with Crippen molar-refractivity contribution in [2.75, 3.05) is 41.6 Å². The Morgan fingerprint density at radius 3 is 2.43 bits per heavy atom. The molecule has 0 spiro atoms. The number of aromatic nitrogens is 4. The lowest BCUT2D eigenvalue weighted by molar-refractivity contribution is 0.128. The Balaban J connectivity index is 1.57. The molecule has 4 rings (SSSR count). The molecule has 1 saturated heterocycles. The molecule has 0 atom stereocenters. The number of hydrogen-bond acceptors (Lipinski definition) is 7. The number of rotatable bonds is 7. The number of halogens is 2. The van der Waals surface area contributed by atoms with E-state index in [1.165, 1.54) is 6.20 Å². The second kappa shape index (κ2) is 10.3. The van der Waals surface area contributed by atoms with Crippen LogP contribution in [0.1, 0.15) is 34.6 Å². The molecule has 0 bridgehead atoms. The largest absolute Gasteiger partial charge is 0.368 e. The van der Waals surface area contributed by atoms with Gasteiger partial charge < -0.3 is 4.90 Å². The summed E-state index contributed by atoms with van der Waals surface area (Å²) in [5.41, 5.74) is 1.20. The Kier molecular flexibility index (Phi) is 7.52. The molecule has 3 heterocycles. The number of sulfonamides is 1. The number of pyridine rings is 1. The van der Waals surface area contributed by atoms with E-state index in [2.05, 4.69) is 50.6 Å². The van der Waals surface area contributed by atoms with Gasteiger partial charge in [-0.1, -0.05) is 19.1 Å². The van der Waals surface area contributed by atoms with Gasteiger partial charge in [0, 0.05) is 43.5 Å². The maximum absolute atomic E-state index is 15.2. The zero-order valence-corrected chi connectivity index (χ0v) is 22.6. The molecule has 3 aromatic rings. The summed E-state index contributed by atoms with van der Waals surface area (Å²) in [6, 6.07) is 3.97. The first-order valence-electron chi connectivity index (χ1n) is 12.2. The Labute approximate surface area is 216 Å². The molecule has 1 N–H and O–H groups in total. The summed E-state index contributed by atoms with van der Waals surface area (Å²) in [6.07, 6.45) is 4.80. The molecule has 9 nitrogen and oxygen atoms in total. The number of hydrogen-bond donors (Lipinski definition) is 1. The van der Waals surface area contributed by atoms with Crippen molar-refractivity contribution in [3.8, 4) is 16.9 Å². The molecule has 0 amide bonds. The number of piperazine rings is 1. The van der Waals surface area contributed by atoms with Gasteiger partial charge in [0.1, 0.15) is 11.4 Å². The lowest BCUT2D eigenvalue weighted by atomic mass is 10.0. The topological polar surface area (TPSA) is 96.2 Å². The highest BCUT2D eigenvalue weighted by Gasteiger charge is 2.26. The van der Waals surface area contributed by atoms with Crippen molar-refractivity contribution in [1.29, 1.82) is 0 Å². The number of nitrogens with one attached hydrogen (secondary N) is 1. The molecule has 0 unspecified atom stereocenters. The first kappa shape index (κ1) is 26.9. The van der Waals surface area contributed by atoms with Crippen LogP contribution in [0.4, 0.5) is 20.2 Å². The van der Waals surface area contributed by atoms with Gasteiger partial charge >= 0.3 is 0 Å². The monoisotopic (exact) mass is 533 g/mol. The van der Waals surface area contributed by atoms with E-state index in [4.69, 9.17) is 0 Å². The normalized spacial score (nSPS) is 15.4. The van der Waals surface area contributed by atoms with E-state index < -0.39 is 27.3 Å². The van der Waals surface area contributed by atoms with E-state index in [1.54, 1.807) is 26.2 Å². The highest BCUT2D eigenvalue weighted by molar-refractivity contribution is 7.92. The van der Waals surface area contributed by atoms with E-state index in [9.17, 15) is 12.8 Å². The third-order valence-corrected chi connectivity index (χ3v) is 7.86. The van der Waals surface area contributed by atoms with Crippen LogP contribution in [0.15, 0.2) is 36.8 Å². The highest BCUT2D eigenvalue weighted by atomic mass is 32.2. The average molecular weight is 534 g/mol. The van der Waals surface area contributed by atoms with Crippen molar-refractivity contribution in [2.45, 2.75) is 40.2 Å².